The van der Waals surface area contributed by atoms with Crippen molar-refractivity contribution in [3.05, 3.63) is 118 Å². The van der Waals surface area contributed by atoms with Crippen LogP contribution in [0.2, 0.25) is 5.02 Å². The zero-order valence-electron chi connectivity index (χ0n) is 19.5. The number of hydrogen-bond donors (Lipinski definition) is 0. The van der Waals surface area contributed by atoms with Gasteiger partial charge in [0, 0.05) is 34.3 Å². The van der Waals surface area contributed by atoms with Crippen molar-refractivity contribution >= 4 is 29.1 Å². The van der Waals surface area contributed by atoms with E-state index in [1.54, 1.807) is 0 Å². The fraction of sp³-hybridized carbons (Fsp3) is 0.233. The molecule has 3 aromatic carbocycles. The molecule has 0 spiro atoms. The number of nitrogens with zero attached hydrogens (tertiary/aromatic N) is 1. The lowest BCUT2D eigenvalue weighted by molar-refractivity contribution is -0.148. The quantitative estimate of drug-likeness (QED) is 0.381. The van der Waals surface area contributed by atoms with E-state index in [9.17, 15) is 9.59 Å². The number of carbonyl (C=O) groups excluding carboxylic acids is 2. The number of rotatable bonds is 5. The van der Waals surface area contributed by atoms with Crippen molar-refractivity contribution in [2.24, 2.45) is 10.9 Å². The van der Waals surface area contributed by atoms with Crippen LogP contribution in [0, 0.1) is 5.92 Å². The molecule has 0 N–H and O–H groups in total. The Morgan fingerprint density at radius 1 is 0.914 bits per heavy atom. The third-order valence-corrected chi connectivity index (χ3v) is 7.12. The zero-order valence-corrected chi connectivity index (χ0v) is 20.2. The number of hydrogen-bond acceptors (Lipinski definition) is 4. The normalized spacial score (nSPS) is 21.8. The Labute approximate surface area is 210 Å². The molecule has 4 nitrogen and oxygen atoms in total. The second kappa shape index (κ2) is 10.0. The first kappa shape index (κ1) is 23.3. The Hall–Kier alpha value is -3.50. The van der Waals surface area contributed by atoms with E-state index in [4.69, 9.17) is 21.3 Å². The van der Waals surface area contributed by atoms with Crippen molar-refractivity contribution < 1.29 is 14.3 Å². The maximum Gasteiger partial charge on any atom is 0.315 e. The van der Waals surface area contributed by atoms with Gasteiger partial charge in [0.15, 0.2) is 5.78 Å². The van der Waals surface area contributed by atoms with Gasteiger partial charge >= 0.3 is 5.97 Å². The highest BCUT2D eigenvalue weighted by Crippen LogP contribution is 2.46. The highest BCUT2D eigenvalue weighted by Gasteiger charge is 2.44. The lowest BCUT2D eigenvalue weighted by Crippen LogP contribution is -2.38. The summed E-state index contributed by atoms with van der Waals surface area (Å²) >= 11 is 6.06. The predicted molar refractivity (Wildman–Crippen MR) is 137 cm³/mol. The molecule has 35 heavy (non-hydrogen) atoms. The molecule has 5 rings (SSSR count). The molecule has 0 bridgehead atoms. The molecule has 176 valence electrons. The SMILES string of the molecule is CC1=NC2=C(C(=O)CC(c3ccc(Cl)cc3)C2)C(c2ccccc2)C1C(=O)OCc1ccccc1. The highest BCUT2D eigenvalue weighted by molar-refractivity contribution is 6.30. The number of halogens is 1. The van der Waals surface area contributed by atoms with Crippen molar-refractivity contribution in [3.8, 4) is 0 Å². The van der Waals surface area contributed by atoms with E-state index in [0.29, 0.717) is 29.1 Å². The van der Waals surface area contributed by atoms with Crippen LogP contribution >= 0.6 is 11.6 Å². The molecule has 0 saturated heterocycles. The van der Waals surface area contributed by atoms with Crippen LogP contribution < -0.4 is 0 Å². The van der Waals surface area contributed by atoms with Crippen LogP contribution in [0.15, 0.2) is 101 Å². The van der Waals surface area contributed by atoms with E-state index < -0.39 is 11.8 Å². The van der Waals surface area contributed by atoms with E-state index in [0.717, 1.165) is 22.4 Å². The van der Waals surface area contributed by atoms with Crippen LogP contribution in [0.5, 0.6) is 0 Å². The molecule has 2 aliphatic rings. The van der Waals surface area contributed by atoms with Crippen LogP contribution in [0.3, 0.4) is 0 Å². The summed E-state index contributed by atoms with van der Waals surface area (Å²) in [5.41, 5.74) is 5.02. The van der Waals surface area contributed by atoms with Gasteiger partial charge in [-0.1, -0.05) is 84.4 Å². The van der Waals surface area contributed by atoms with Gasteiger partial charge in [0.1, 0.15) is 12.5 Å². The Balaban J connectivity index is 1.49. The number of benzene rings is 3. The van der Waals surface area contributed by atoms with Gasteiger partial charge < -0.3 is 4.74 Å². The van der Waals surface area contributed by atoms with Gasteiger partial charge in [-0.15, -0.1) is 0 Å². The van der Waals surface area contributed by atoms with Gasteiger partial charge in [-0.05, 0) is 48.1 Å². The molecule has 5 heteroatoms. The Kier molecular flexibility index (Phi) is 6.65. The maximum atomic E-state index is 13.6. The van der Waals surface area contributed by atoms with E-state index in [1.807, 2.05) is 91.9 Å². The minimum atomic E-state index is -0.643. The van der Waals surface area contributed by atoms with Crippen molar-refractivity contribution in [1.29, 1.82) is 0 Å². The molecule has 3 aromatic rings. The van der Waals surface area contributed by atoms with Crippen LogP contribution in [-0.2, 0) is 20.9 Å². The average Bonchev–Trinajstić information content (AvgIpc) is 2.88. The third-order valence-electron chi connectivity index (χ3n) is 6.87. The van der Waals surface area contributed by atoms with Crippen LogP contribution in [0.1, 0.15) is 48.3 Å². The summed E-state index contributed by atoms with van der Waals surface area (Å²) in [6.07, 6.45) is 1.03. The summed E-state index contributed by atoms with van der Waals surface area (Å²) in [5.74, 6) is -1.34. The maximum absolute atomic E-state index is 13.6. The summed E-state index contributed by atoms with van der Waals surface area (Å²) in [6, 6.07) is 27.0. The van der Waals surface area contributed by atoms with Crippen LogP contribution in [-0.4, -0.2) is 17.5 Å². The fourth-order valence-corrected chi connectivity index (χ4v) is 5.30. The zero-order chi connectivity index (χ0) is 24.4. The van der Waals surface area contributed by atoms with Crippen LogP contribution in [0.25, 0.3) is 0 Å². The summed E-state index contributed by atoms with van der Waals surface area (Å²) in [4.78, 5) is 31.9. The highest BCUT2D eigenvalue weighted by atomic mass is 35.5. The summed E-state index contributed by atoms with van der Waals surface area (Å²) in [6.45, 7) is 2.05. The average molecular weight is 484 g/mol. The standard InChI is InChI=1S/C30H26ClNO3/c1-19-27(30(34)35-18-20-8-4-2-5-9-20)28(22-10-6-3-7-11-22)29-25(32-19)16-23(17-26(29)33)21-12-14-24(31)15-13-21/h2-15,23,27-28H,16-18H2,1H3. The number of aliphatic imine (C=N–C) groups is 1. The summed E-state index contributed by atoms with van der Waals surface area (Å²) in [5, 5.41) is 0.670. The molecule has 0 saturated carbocycles. The Bertz CT molecular complexity index is 1300. The molecule has 3 atom stereocenters. The molecule has 1 aliphatic heterocycles. The second-order valence-electron chi connectivity index (χ2n) is 9.15. The summed E-state index contributed by atoms with van der Waals surface area (Å²) in [7, 11) is 0. The van der Waals surface area contributed by atoms with Crippen molar-refractivity contribution in [1.82, 2.24) is 0 Å². The number of allylic oxidation sites excluding steroid dienone is 2. The van der Waals surface area contributed by atoms with Crippen molar-refractivity contribution in [2.45, 2.75) is 38.2 Å². The third kappa shape index (κ3) is 4.85. The van der Waals surface area contributed by atoms with Gasteiger partial charge in [-0.3, -0.25) is 14.6 Å². The van der Waals surface area contributed by atoms with Crippen molar-refractivity contribution in [2.75, 3.05) is 0 Å². The molecule has 1 heterocycles. The lowest BCUT2D eigenvalue weighted by atomic mass is 9.69. The predicted octanol–water partition coefficient (Wildman–Crippen LogP) is 6.66. The first-order chi connectivity index (χ1) is 17.0. The number of esters is 1. The molecule has 0 aromatic heterocycles. The smallest absolute Gasteiger partial charge is 0.315 e. The van der Waals surface area contributed by atoms with E-state index >= 15 is 0 Å². The minimum Gasteiger partial charge on any atom is -0.460 e. The first-order valence-electron chi connectivity index (χ1n) is 11.8. The Morgan fingerprint density at radius 2 is 1.57 bits per heavy atom. The van der Waals surface area contributed by atoms with E-state index in [1.165, 1.54) is 0 Å². The number of carbonyl (C=O) groups is 2. The molecule has 0 fully saturated rings. The topological polar surface area (TPSA) is 55.7 Å². The second-order valence-corrected chi connectivity index (χ2v) is 9.59. The molecule has 0 radical (unpaired) electrons. The largest absolute Gasteiger partial charge is 0.460 e. The molecular formula is C30H26ClNO3. The molecular weight excluding hydrogens is 458 g/mol. The van der Waals surface area contributed by atoms with Crippen LogP contribution in [0.4, 0.5) is 0 Å². The van der Waals surface area contributed by atoms with Gasteiger partial charge in [-0.25, -0.2) is 0 Å². The molecule has 3 unspecified atom stereocenters. The van der Waals surface area contributed by atoms with Crippen molar-refractivity contribution in [3.63, 3.8) is 0 Å². The number of Topliss-reactive ketones (excluding diaryl/α,β-unsaturated/α-hetero) is 1. The number of ketones is 1. The fourth-order valence-electron chi connectivity index (χ4n) is 5.17. The van der Waals surface area contributed by atoms with Gasteiger partial charge in [0.2, 0.25) is 0 Å². The molecule has 0 amide bonds. The van der Waals surface area contributed by atoms with E-state index in [2.05, 4.69) is 0 Å². The lowest BCUT2D eigenvalue weighted by Gasteiger charge is -2.36. The summed E-state index contributed by atoms with van der Waals surface area (Å²) < 4.78 is 5.74. The van der Waals surface area contributed by atoms with Gasteiger partial charge in [0.05, 0.1) is 0 Å². The monoisotopic (exact) mass is 483 g/mol. The number of ether oxygens (including phenoxy) is 1. The van der Waals surface area contributed by atoms with Gasteiger partial charge in [-0.2, -0.15) is 0 Å². The van der Waals surface area contributed by atoms with E-state index in [-0.39, 0.29) is 24.3 Å². The Morgan fingerprint density at radius 3 is 2.26 bits per heavy atom. The molecule has 1 aliphatic carbocycles. The van der Waals surface area contributed by atoms with Gasteiger partial charge in [0.25, 0.3) is 0 Å². The first-order valence-corrected chi connectivity index (χ1v) is 12.2. The minimum absolute atomic E-state index is 0.0353.